The van der Waals surface area contributed by atoms with E-state index in [9.17, 15) is 0 Å². The molecule has 0 radical (unpaired) electrons. The number of nitrogens with one attached hydrogen (secondary N) is 1. The maximum atomic E-state index is 4.67. The fraction of sp³-hybridized carbons (Fsp3) is 0.412. The van der Waals surface area contributed by atoms with Gasteiger partial charge in [0.2, 0.25) is 0 Å². The van der Waals surface area contributed by atoms with Gasteiger partial charge in [-0.05, 0) is 38.4 Å². The van der Waals surface area contributed by atoms with E-state index in [-0.39, 0.29) is 0 Å². The molecule has 1 aromatic carbocycles. The summed E-state index contributed by atoms with van der Waals surface area (Å²) in [7, 11) is 0. The highest BCUT2D eigenvalue weighted by Gasteiger charge is 2.09. The summed E-state index contributed by atoms with van der Waals surface area (Å²) in [4.78, 5) is 9.34. The van der Waals surface area contributed by atoms with E-state index in [0.29, 0.717) is 0 Å². The number of aromatic nitrogens is 2. The number of hydrogen-bond donors (Lipinski definition) is 1. The minimum Gasteiger partial charge on any atom is -0.313 e. The van der Waals surface area contributed by atoms with E-state index >= 15 is 0 Å². The number of benzene rings is 1. The molecule has 2 rings (SSSR count). The van der Waals surface area contributed by atoms with Gasteiger partial charge in [0.1, 0.15) is 5.82 Å². The molecule has 3 nitrogen and oxygen atoms in total. The van der Waals surface area contributed by atoms with Gasteiger partial charge >= 0.3 is 0 Å². The first kappa shape index (κ1) is 14.7. The van der Waals surface area contributed by atoms with E-state index in [1.54, 1.807) is 0 Å². The van der Waals surface area contributed by atoms with Crippen molar-refractivity contribution in [3.05, 3.63) is 58.2 Å². The molecule has 0 spiro atoms. The Labute approximate surface area is 121 Å². The third-order valence-electron chi connectivity index (χ3n) is 3.63. The van der Waals surface area contributed by atoms with Gasteiger partial charge in [-0.15, -0.1) is 0 Å². The van der Waals surface area contributed by atoms with Crippen molar-refractivity contribution < 1.29 is 0 Å². The fourth-order valence-corrected chi connectivity index (χ4v) is 2.37. The fourth-order valence-electron chi connectivity index (χ4n) is 2.37. The molecule has 20 heavy (non-hydrogen) atoms. The van der Waals surface area contributed by atoms with Gasteiger partial charge in [-0.1, -0.05) is 31.2 Å². The van der Waals surface area contributed by atoms with Gasteiger partial charge in [-0.3, -0.25) is 0 Å². The normalized spacial score (nSPS) is 10.8. The van der Waals surface area contributed by atoms with Crippen LogP contribution in [0.2, 0.25) is 0 Å². The molecule has 0 saturated carbocycles. The highest BCUT2D eigenvalue weighted by atomic mass is 14.9. The molecular formula is C17H23N3. The zero-order valence-electron chi connectivity index (χ0n) is 12.8. The number of hydrogen-bond acceptors (Lipinski definition) is 3. The van der Waals surface area contributed by atoms with Crippen LogP contribution in [0.3, 0.4) is 0 Å². The van der Waals surface area contributed by atoms with Crippen molar-refractivity contribution in [1.29, 1.82) is 0 Å². The minimum absolute atomic E-state index is 0.801. The summed E-state index contributed by atoms with van der Waals surface area (Å²) in [6.45, 7) is 10.2. The van der Waals surface area contributed by atoms with Crippen molar-refractivity contribution in [3.8, 4) is 0 Å². The van der Waals surface area contributed by atoms with Crippen LogP contribution in [0, 0.1) is 20.8 Å². The summed E-state index contributed by atoms with van der Waals surface area (Å²) in [5.41, 5.74) is 5.98. The van der Waals surface area contributed by atoms with E-state index < -0.39 is 0 Å². The third kappa shape index (κ3) is 3.42. The van der Waals surface area contributed by atoms with Crippen molar-refractivity contribution in [1.82, 2.24) is 15.3 Å². The minimum atomic E-state index is 0.801. The maximum absolute atomic E-state index is 4.67. The van der Waals surface area contributed by atoms with Gasteiger partial charge < -0.3 is 5.32 Å². The number of aryl methyl sites for hydroxylation is 3. The van der Waals surface area contributed by atoms with Crippen molar-refractivity contribution in [2.45, 2.75) is 40.7 Å². The SMILES string of the molecule is CCNCc1c(C)nc(Cc2ccccc2C)nc1C. The Kier molecular flexibility index (Phi) is 4.85. The molecule has 0 aliphatic rings. The second-order valence-corrected chi connectivity index (χ2v) is 5.17. The molecule has 1 aromatic heterocycles. The lowest BCUT2D eigenvalue weighted by Crippen LogP contribution is -2.16. The zero-order chi connectivity index (χ0) is 14.5. The molecule has 106 valence electrons. The van der Waals surface area contributed by atoms with Gasteiger partial charge in [-0.2, -0.15) is 0 Å². The van der Waals surface area contributed by atoms with E-state index in [4.69, 9.17) is 0 Å². The van der Waals surface area contributed by atoms with E-state index in [1.165, 1.54) is 16.7 Å². The molecule has 1 heterocycles. The summed E-state index contributed by atoms with van der Waals surface area (Å²) in [6, 6.07) is 8.42. The smallest absolute Gasteiger partial charge is 0.133 e. The van der Waals surface area contributed by atoms with Crippen LogP contribution in [-0.4, -0.2) is 16.5 Å². The van der Waals surface area contributed by atoms with Gasteiger partial charge in [0, 0.05) is 29.9 Å². The molecular weight excluding hydrogens is 246 g/mol. The molecule has 0 bridgehead atoms. The van der Waals surface area contributed by atoms with Crippen LogP contribution in [0.5, 0.6) is 0 Å². The van der Waals surface area contributed by atoms with Crippen molar-refractivity contribution in [3.63, 3.8) is 0 Å². The zero-order valence-corrected chi connectivity index (χ0v) is 12.8. The van der Waals surface area contributed by atoms with Crippen LogP contribution in [0.1, 0.15) is 40.8 Å². The predicted octanol–water partition coefficient (Wildman–Crippen LogP) is 3.10. The van der Waals surface area contributed by atoms with E-state index in [0.717, 1.165) is 36.7 Å². The lowest BCUT2D eigenvalue weighted by atomic mass is 10.1. The molecule has 0 aliphatic carbocycles. The van der Waals surface area contributed by atoms with Crippen molar-refractivity contribution >= 4 is 0 Å². The Morgan fingerprint density at radius 3 is 2.25 bits per heavy atom. The summed E-state index contributed by atoms with van der Waals surface area (Å²) in [6.07, 6.45) is 0.801. The quantitative estimate of drug-likeness (QED) is 0.906. The average molecular weight is 269 g/mol. The highest BCUT2D eigenvalue weighted by molar-refractivity contribution is 5.30. The van der Waals surface area contributed by atoms with Crippen LogP contribution < -0.4 is 5.32 Å². The summed E-state index contributed by atoms with van der Waals surface area (Å²) >= 11 is 0. The molecule has 0 amide bonds. The number of rotatable bonds is 5. The monoisotopic (exact) mass is 269 g/mol. The Hall–Kier alpha value is -1.74. The van der Waals surface area contributed by atoms with Gasteiger partial charge in [0.25, 0.3) is 0 Å². The summed E-state index contributed by atoms with van der Waals surface area (Å²) < 4.78 is 0. The topological polar surface area (TPSA) is 37.8 Å². The largest absolute Gasteiger partial charge is 0.313 e. The first-order valence-corrected chi connectivity index (χ1v) is 7.20. The van der Waals surface area contributed by atoms with Crippen molar-refractivity contribution in [2.75, 3.05) is 6.54 Å². The van der Waals surface area contributed by atoms with E-state index in [1.807, 2.05) is 0 Å². The van der Waals surface area contributed by atoms with Gasteiger partial charge in [0.15, 0.2) is 0 Å². The van der Waals surface area contributed by atoms with Crippen LogP contribution >= 0.6 is 0 Å². The molecule has 0 unspecified atom stereocenters. The van der Waals surface area contributed by atoms with Crippen LogP contribution in [0.25, 0.3) is 0 Å². The molecule has 2 aromatic rings. The maximum Gasteiger partial charge on any atom is 0.133 e. The Morgan fingerprint density at radius 2 is 1.65 bits per heavy atom. The second kappa shape index (κ2) is 6.62. The number of nitrogens with zero attached hydrogens (tertiary/aromatic N) is 2. The molecule has 3 heteroatoms. The van der Waals surface area contributed by atoms with E-state index in [2.05, 4.69) is 67.2 Å². The summed E-state index contributed by atoms with van der Waals surface area (Å²) in [5, 5.41) is 3.34. The molecule has 0 aliphatic heterocycles. The lowest BCUT2D eigenvalue weighted by molar-refractivity contribution is 0.706. The average Bonchev–Trinajstić information content (AvgIpc) is 2.41. The molecule has 0 atom stereocenters. The van der Waals surface area contributed by atoms with Crippen molar-refractivity contribution in [2.24, 2.45) is 0 Å². The highest BCUT2D eigenvalue weighted by Crippen LogP contribution is 2.15. The first-order chi connectivity index (χ1) is 9.61. The Balaban J connectivity index is 2.24. The predicted molar refractivity (Wildman–Crippen MR) is 82.9 cm³/mol. The third-order valence-corrected chi connectivity index (χ3v) is 3.63. The van der Waals surface area contributed by atoms with Crippen LogP contribution in [-0.2, 0) is 13.0 Å². The van der Waals surface area contributed by atoms with Gasteiger partial charge in [0.05, 0.1) is 0 Å². The standard InChI is InChI=1S/C17H23N3/c1-5-18-11-16-13(3)19-17(20-14(16)4)10-15-9-7-6-8-12(15)2/h6-9,18H,5,10-11H2,1-4H3. The Morgan fingerprint density at radius 1 is 1.00 bits per heavy atom. The molecule has 1 N–H and O–H groups in total. The lowest BCUT2D eigenvalue weighted by Gasteiger charge is -2.12. The van der Waals surface area contributed by atoms with Crippen LogP contribution in [0.4, 0.5) is 0 Å². The molecule has 0 fully saturated rings. The van der Waals surface area contributed by atoms with Gasteiger partial charge in [-0.25, -0.2) is 9.97 Å². The Bertz CT molecular complexity index is 568. The second-order valence-electron chi connectivity index (χ2n) is 5.17. The van der Waals surface area contributed by atoms with Crippen LogP contribution in [0.15, 0.2) is 24.3 Å². The summed E-state index contributed by atoms with van der Waals surface area (Å²) in [5.74, 6) is 0.912. The first-order valence-electron chi connectivity index (χ1n) is 7.20. The molecule has 0 saturated heterocycles.